The number of anilines is 1. The summed E-state index contributed by atoms with van der Waals surface area (Å²) in [5.41, 5.74) is 3.53. The van der Waals surface area contributed by atoms with Gasteiger partial charge in [-0.3, -0.25) is 9.36 Å². The number of aromatic carboxylic acids is 1. The molecular formula is C24H27N3O4. The number of methoxy groups -OCH3 is 1. The number of ether oxygens (including phenoxy) is 1. The van der Waals surface area contributed by atoms with Gasteiger partial charge in [0.2, 0.25) is 0 Å². The van der Waals surface area contributed by atoms with Crippen LogP contribution in [0.1, 0.15) is 47.2 Å². The van der Waals surface area contributed by atoms with E-state index in [1.165, 1.54) is 7.11 Å². The summed E-state index contributed by atoms with van der Waals surface area (Å²) in [7, 11) is 1.38. The normalized spacial score (nSPS) is 10.6. The maximum absolute atomic E-state index is 11.5. The molecule has 7 nitrogen and oxygen atoms in total. The SMILES string of the molecule is CCCCc1ncc(CNc2ccccc2C(=O)O)n1-c1ccc(CC(=O)OC)cc1. The molecule has 0 radical (unpaired) electrons. The summed E-state index contributed by atoms with van der Waals surface area (Å²) in [5, 5.41) is 12.6. The number of carboxylic acid groups (broad SMARTS) is 1. The fraction of sp³-hybridized carbons (Fsp3) is 0.292. The van der Waals surface area contributed by atoms with Crippen LogP contribution in [-0.2, 0) is 28.9 Å². The van der Waals surface area contributed by atoms with Gasteiger partial charge in [0.25, 0.3) is 0 Å². The lowest BCUT2D eigenvalue weighted by Crippen LogP contribution is -2.11. The van der Waals surface area contributed by atoms with Crippen molar-refractivity contribution in [3.8, 4) is 5.69 Å². The maximum Gasteiger partial charge on any atom is 0.337 e. The molecule has 0 aliphatic heterocycles. The van der Waals surface area contributed by atoms with Crippen molar-refractivity contribution in [3.63, 3.8) is 0 Å². The lowest BCUT2D eigenvalue weighted by molar-refractivity contribution is -0.139. The number of carbonyl (C=O) groups is 2. The number of rotatable bonds is 10. The second-order valence-electron chi connectivity index (χ2n) is 7.23. The zero-order valence-electron chi connectivity index (χ0n) is 17.8. The van der Waals surface area contributed by atoms with Gasteiger partial charge in [-0.05, 0) is 36.2 Å². The number of esters is 1. The highest BCUT2D eigenvalue weighted by atomic mass is 16.5. The molecule has 162 valence electrons. The first kappa shape index (κ1) is 22.1. The van der Waals surface area contributed by atoms with E-state index in [-0.39, 0.29) is 18.0 Å². The van der Waals surface area contributed by atoms with E-state index in [1.807, 2.05) is 30.5 Å². The van der Waals surface area contributed by atoms with E-state index < -0.39 is 5.97 Å². The zero-order chi connectivity index (χ0) is 22.2. The van der Waals surface area contributed by atoms with Crippen molar-refractivity contribution in [3.05, 3.63) is 77.4 Å². The number of aryl methyl sites for hydroxylation is 1. The van der Waals surface area contributed by atoms with Crippen LogP contribution in [-0.4, -0.2) is 33.7 Å². The molecule has 0 saturated heterocycles. The summed E-state index contributed by atoms with van der Waals surface area (Å²) in [4.78, 5) is 27.6. The summed E-state index contributed by atoms with van der Waals surface area (Å²) in [6.07, 6.45) is 4.97. The van der Waals surface area contributed by atoms with Gasteiger partial charge >= 0.3 is 11.9 Å². The number of hydrogen-bond acceptors (Lipinski definition) is 5. The molecule has 0 atom stereocenters. The van der Waals surface area contributed by atoms with Crippen molar-refractivity contribution in [2.45, 2.75) is 39.2 Å². The number of aromatic nitrogens is 2. The smallest absolute Gasteiger partial charge is 0.337 e. The average molecular weight is 421 g/mol. The molecule has 1 aromatic heterocycles. The largest absolute Gasteiger partial charge is 0.478 e. The van der Waals surface area contributed by atoms with Crippen molar-refractivity contribution in [1.29, 1.82) is 0 Å². The first-order chi connectivity index (χ1) is 15.0. The number of unbranched alkanes of at least 4 members (excludes halogenated alkanes) is 1. The van der Waals surface area contributed by atoms with Gasteiger partial charge in [0.15, 0.2) is 0 Å². The van der Waals surface area contributed by atoms with Gasteiger partial charge in [-0.25, -0.2) is 9.78 Å². The second-order valence-corrected chi connectivity index (χ2v) is 7.23. The van der Waals surface area contributed by atoms with Gasteiger partial charge in [-0.15, -0.1) is 0 Å². The number of benzene rings is 2. The van der Waals surface area contributed by atoms with Gasteiger partial charge in [-0.2, -0.15) is 0 Å². The van der Waals surface area contributed by atoms with Crippen molar-refractivity contribution < 1.29 is 19.4 Å². The Hall–Kier alpha value is -3.61. The quantitative estimate of drug-likeness (QED) is 0.476. The Bertz CT molecular complexity index is 1040. The van der Waals surface area contributed by atoms with E-state index in [2.05, 4.69) is 21.8 Å². The molecule has 0 aliphatic rings. The van der Waals surface area contributed by atoms with Crippen LogP contribution in [0.5, 0.6) is 0 Å². The second kappa shape index (κ2) is 10.4. The number of hydrogen-bond donors (Lipinski definition) is 2. The molecule has 0 aliphatic carbocycles. The maximum atomic E-state index is 11.5. The monoisotopic (exact) mass is 421 g/mol. The number of nitrogens with zero attached hydrogens (tertiary/aromatic N) is 2. The predicted molar refractivity (Wildman–Crippen MR) is 119 cm³/mol. The van der Waals surface area contributed by atoms with Crippen molar-refractivity contribution in [2.75, 3.05) is 12.4 Å². The Morgan fingerprint density at radius 2 is 1.87 bits per heavy atom. The number of nitrogens with one attached hydrogen (secondary N) is 1. The molecule has 3 rings (SSSR count). The topological polar surface area (TPSA) is 93.5 Å². The highest BCUT2D eigenvalue weighted by molar-refractivity contribution is 5.94. The molecule has 31 heavy (non-hydrogen) atoms. The standard InChI is InChI=1S/C24H27N3O4/c1-3-4-9-22-26-16-19(15-25-21-8-6-5-7-20(21)24(29)30)27(22)18-12-10-17(11-13-18)14-23(28)31-2/h5-8,10-13,16,25H,3-4,9,14-15H2,1-2H3,(H,29,30). The lowest BCUT2D eigenvalue weighted by Gasteiger charge is -2.15. The Kier molecular flexibility index (Phi) is 7.43. The highest BCUT2D eigenvalue weighted by Crippen LogP contribution is 2.21. The third-order valence-corrected chi connectivity index (χ3v) is 5.05. The van der Waals surface area contributed by atoms with Gasteiger partial charge in [0.1, 0.15) is 5.82 Å². The van der Waals surface area contributed by atoms with E-state index in [9.17, 15) is 14.7 Å². The molecule has 0 unspecified atom stereocenters. The van der Waals surface area contributed by atoms with Crippen LogP contribution in [0.25, 0.3) is 5.69 Å². The molecule has 0 amide bonds. The molecule has 0 bridgehead atoms. The molecule has 2 N–H and O–H groups in total. The number of carbonyl (C=O) groups excluding carboxylic acids is 1. The summed E-state index contributed by atoms with van der Waals surface area (Å²) in [6, 6.07) is 14.6. The van der Waals surface area contributed by atoms with Crippen molar-refractivity contribution >= 4 is 17.6 Å². The van der Waals surface area contributed by atoms with E-state index >= 15 is 0 Å². The Morgan fingerprint density at radius 3 is 2.55 bits per heavy atom. The summed E-state index contributed by atoms with van der Waals surface area (Å²) < 4.78 is 6.83. The minimum Gasteiger partial charge on any atom is -0.478 e. The van der Waals surface area contributed by atoms with E-state index in [4.69, 9.17) is 4.74 Å². The first-order valence-electron chi connectivity index (χ1n) is 10.3. The van der Waals surface area contributed by atoms with Gasteiger partial charge < -0.3 is 15.2 Å². The molecule has 0 spiro atoms. The summed E-state index contributed by atoms with van der Waals surface area (Å²) in [5.74, 6) is -0.298. The van der Waals surface area contributed by atoms with Crippen LogP contribution in [0.2, 0.25) is 0 Å². The molecule has 0 fully saturated rings. The predicted octanol–water partition coefficient (Wildman–Crippen LogP) is 4.24. The van der Waals surface area contributed by atoms with E-state index in [1.54, 1.807) is 24.3 Å². The van der Waals surface area contributed by atoms with Crippen LogP contribution in [0.3, 0.4) is 0 Å². The highest BCUT2D eigenvalue weighted by Gasteiger charge is 2.14. The first-order valence-corrected chi connectivity index (χ1v) is 10.3. The minimum absolute atomic E-state index is 0.226. The number of imidazole rings is 1. The van der Waals surface area contributed by atoms with Crippen LogP contribution < -0.4 is 5.32 Å². The van der Waals surface area contributed by atoms with E-state index in [0.29, 0.717) is 12.2 Å². The third-order valence-electron chi connectivity index (χ3n) is 5.05. The lowest BCUT2D eigenvalue weighted by atomic mass is 10.1. The Balaban J connectivity index is 1.87. The Labute approximate surface area is 181 Å². The molecule has 3 aromatic rings. The molecule has 0 saturated carbocycles. The van der Waals surface area contributed by atoms with Gasteiger partial charge in [0, 0.05) is 17.8 Å². The van der Waals surface area contributed by atoms with Crippen LogP contribution >= 0.6 is 0 Å². The fourth-order valence-corrected chi connectivity index (χ4v) is 3.39. The zero-order valence-corrected chi connectivity index (χ0v) is 17.8. The molecule has 7 heteroatoms. The van der Waals surface area contributed by atoms with Crippen molar-refractivity contribution in [1.82, 2.24) is 9.55 Å². The van der Waals surface area contributed by atoms with Crippen LogP contribution in [0, 0.1) is 0 Å². The van der Waals surface area contributed by atoms with Crippen molar-refractivity contribution in [2.24, 2.45) is 0 Å². The number of para-hydroxylation sites is 1. The minimum atomic E-state index is -0.971. The number of carboxylic acids is 1. The van der Waals surface area contributed by atoms with Crippen LogP contribution in [0.15, 0.2) is 54.7 Å². The van der Waals surface area contributed by atoms with Gasteiger partial charge in [0.05, 0.1) is 37.5 Å². The molecule has 2 aromatic carbocycles. The average Bonchev–Trinajstić information content (AvgIpc) is 3.19. The molecular weight excluding hydrogens is 394 g/mol. The van der Waals surface area contributed by atoms with E-state index in [0.717, 1.165) is 42.0 Å². The fourth-order valence-electron chi connectivity index (χ4n) is 3.39. The van der Waals surface area contributed by atoms with Gasteiger partial charge in [-0.1, -0.05) is 37.6 Å². The molecule has 1 heterocycles. The van der Waals surface area contributed by atoms with Crippen LogP contribution in [0.4, 0.5) is 5.69 Å². The summed E-state index contributed by atoms with van der Waals surface area (Å²) >= 11 is 0. The third kappa shape index (κ3) is 5.51. The Morgan fingerprint density at radius 1 is 1.13 bits per heavy atom. The summed E-state index contributed by atoms with van der Waals surface area (Å²) in [6.45, 7) is 2.56.